The number of H-pyrrole nitrogens is 1. The van der Waals surface area contributed by atoms with Gasteiger partial charge in [-0.25, -0.2) is 9.78 Å². The number of rotatable bonds is 3. The molecule has 124 valence electrons. The average molecular weight is 427 g/mol. The number of esters is 1. The van der Waals surface area contributed by atoms with Gasteiger partial charge in [-0.15, -0.1) is 0 Å². The van der Waals surface area contributed by atoms with Gasteiger partial charge in [0.15, 0.2) is 0 Å². The lowest BCUT2D eigenvalue weighted by Gasteiger charge is -2.35. The molecule has 0 aromatic carbocycles. The summed E-state index contributed by atoms with van der Waals surface area (Å²) < 4.78 is 5.87. The maximum absolute atomic E-state index is 11.9. The third-order valence-corrected chi connectivity index (χ3v) is 5.23. The lowest BCUT2D eigenvalue weighted by Crippen LogP contribution is -2.38. The van der Waals surface area contributed by atoms with Crippen molar-refractivity contribution in [3.8, 4) is 0 Å². The molecule has 1 aliphatic heterocycles. The van der Waals surface area contributed by atoms with E-state index in [9.17, 15) is 4.79 Å². The number of hydrogen-bond acceptors (Lipinski definition) is 4. The molecule has 1 aliphatic rings. The van der Waals surface area contributed by atoms with Crippen LogP contribution in [0.25, 0.3) is 11.0 Å². The van der Waals surface area contributed by atoms with Crippen LogP contribution in [-0.4, -0.2) is 41.0 Å². The molecule has 2 atom stereocenters. The highest BCUT2D eigenvalue weighted by Gasteiger charge is 2.23. The van der Waals surface area contributed by atoms with Crippen LogP contribution in [-0.2, 0) is 11.3 Å². The number of pyridine rings is 1. The van der Waals surface area contributed by atoms with Crippen LogP contribution >= 0.6 is 22.6 Å². The quantitative estimate of drug-likeness (QED) is 0.603. The number of aromatic amines is 1. The molecule has 1 saturated heterocycles. The summed E-state index contributed by atoms with van der Waals surface area (Å²) in [5, 5.41) is 0. The molecule has 3 heterocycles. The third-order valence-electron chi connectivity index (χ3n) is 4.40. The molecule has 0 bridgehead atoms. The molecular formula is C17H22IN3O2. The van der Waals surface area contributed by atoms with Crippen molar-refractivity contribution in [1.29, 1.82) is 0 Å². The standard InChI is InChI=1S/C17H22IN3O2/c1-10-4-11(2)8-21(7-10)9-12-5-14(17(22)23-3)20-16-13(18)6-19-15(12)16/h5-6,10-11,19H,4,7-9H2,1-3H3/t10-,11+. The number of nitrogens with zero attached hydrogens (tertiary/aromatic N) is 2. The third kappa shape index (κ3) is 3.52. The van der Waals surface area contributed by atoms with E-state index in [2.05, 4.69) is 51.3 Å². The first-order chi connectivity index (χ1) is 11.0. The molecule has 0 amide bonds. The Labute approximate surface area is 149 Å². The van der Waals surface area contributed by atoms with Crippen molar-refractivity contribution in [2.75, 3.05) is 20.2 Å². The Morgan fingerprint density at radius 3 is 2.78 bits per heavy atom. The van der Waals surface area contributed by atoms with Gasteiger partial charge in [-0.05, 0) is 52.5 Å². The molecule has 2 aromatic heterocycles. The Kier molecular flexibility index (Phi) is 4.91. The summed E-state index contributed by atoms with van der Waals surface area (Å²) in [7, 11) is 1.39. The van der Waals surface area contributed by atoms with Crippen molar-refractivity contribution >= 4 is 39.6 Å². The van der Waals surface area contributed by atoms with E-state index in [1.165, 1.54) is 13.5 Å². The summed E-state index contributed by atoms with van der Waals surface area (Å²) in [6, 6.07) is 1.87. The van der Waals surface area contributed by atoms with Gasteiger partial charge < -0.3 is 9.72 Å². The number of piperidine rings is 1. The van der Waals surface area contributed by atoms with Crippen molar-refractivity contribution in [3.05, 3.63) is 27.1 Å². The highest BCUT2D eigenvalue weighted by atomic mass is 127. The number of ether oxygens (including phenoxy) is 1. The Hall–Kier alpha value is -1.15. The smallest absolute Gasteiger partial charge is 0.356 e. The van der Waals surface area contributed by atoms with Crippen molar-refractivity contribution in [1.82, 2.24) is 14.9 Å². The highest BCUT2D eigenvalue weighted by Crippen LogP contribution is 2.27. The van der Waals surface area contributed by atoms with E-state index < -0.39 is 0 Å². The number of methoxy groups -OCH3 is 1. The second-order valence-corrected chi connectivity index (χ2v) is 7.82. The van der Waals surface area contributed by atoms with Crippen molar-refractivity contribution in [2.45, 2.75) is 26.8 Å². The molecule has 0 unspecified atom stereocenters. The van der Waals surface area contributed by atoms with E-state index >= 15 is 0 Å². The predicted molar refractivity (Wildman–Crippen MR) is 98.4 cm³/mol. The topological polar surface area (TPSA) is 58.2 Å². The van der Waals surface area contributed by atoms with Crippen LogP contribution in [0.1, 0.15) is 36.3 Å². The first kappa shape index (κ1) is 16.7. The van der Waals surface area contributed by atoms with Gasteiger partial charge >= 0.3 is 5.97 Å². The van der Waals surface area contributed by atoms with Crippen LogP contribution in [0.3, 0.4) is 0 Å². The molecular weight excluding hydrogens is 405 g/mol. The summed E-state index contributed by atoms with van der Waals surface area (Å²) in [5.74, 6) is 1.03. The van der Waals surface area contributed by atoms with Gasteiger partial charge in [0.25, 0.3) is 0 Å². The molecule has 0 spiro atoms. The minimum Gasteiger partial charge on any atom is -0.464 e. The number of fused-ring (bicyclic) bond motifs is 1. The summed E-state index contributed by atoms with van der Waals surface area (Å²) in [4.78, 5) is 22.2. The monoisotopic (exact) mass is 427 g/mol. The summed E-state index contributed by atoms with van der Waals surface area (Å²) >= 11 is 2.24. The molecule has 0 saturated carbocycles. The SMILES string of the molecule is COC(=O)c1cc(CN2C[C@H](C)C[C@H](C)C2)c2[nH]cc(I)c2n1. The average Bonchev–Trinajstić information content (AvgIpc) is 2.87. The second-order valence-electron chi connectivity index (χ2n) is 6.66. The molecule has 1 N–H and O–H groups in total. The zero-order valence-corrected chi connectivity index (χ0v) is 15.9. The molecule has 6 heteroatoms. The molecule has 3 rings (SSSR count). The zero-order chi connectivity index (χ0) is 16.6. The fourth-order valence-corrected chi connectivity index (χ4v) is 4.18. The fourth-order valence-electron chi connectivity index (χ4n) is 3.63. The number of halogens is 1. The second kappa shape index (κ2) is 6.76. The maximum atomic E-state index is 11.9. The first-order valence-corrected chi connectivity index (χ1v) is 9.03. The van der Waals surface area contributed by atoms with E-state index in [1.54, 1.807) is 0 Å². The zero-order valence-electron chi connectivity index (χ0n) is 13.7. The van der Waals surface area contributed by atoms with Gasteiger partial charge in [-0.3, -0.25) is 4.90 Å². The van der Waals surface area contributed by atoms with Crippen molar-refractivity contribution < 1.29 is 9.53 Å². The molecule has 2 aromatic rings. The Morgan fingerprint density at radius 1 is 1.43 bits per heavy atom. The largest absolute Gasteiger partial charge is 0.464 e. The summed E-state index contributed by atoms with van der Waals surface area (Å²) in [6.07, 6.45) is 3.22. The van der Waals surface area contributed by atoms with Gasteiger partial charge in [-0.2, -0.15) is 0 Å². The van der Waals surface area contributed by atoms with Gasteiger partial charge in [0.2, 0.25) is 0 Å². The van der Waals surface area contributed by atoms with Crippen LogP contribution in [0.4, 0.5) is 0 Å². The van der Waals surface area contributed by atoms with E-state index in [0.717, 1.165) is 39.8 Å². The lowest BCUT2D eigenvalue weighted by molar-refractivity contribution is 0.0594. The van der Waals surface area contributed by atoms with E-state index in [4.69, 9.17) is 4.74 Å². The Bertz CT molecular complexity index is 718. The molecule has 1 fully saturated rings. The normalized spacial score (nSPS) is 22.4. The number of likely N-dealkylation sites (tertiary alicyclic amines) is 1. The maximum Gasteiger partial charge on any atom is 0.356 e. The van der Waals surface area contributed by atoms with Crippen LogP contribution in [0.2, 0.25) is 0 Å². The lowest BCUT2D eigenvalue weighted by atomic mass is 9.91. The summed E-state index contributed by atoms with van der Waals surface area (Å²) in [5.41, 5.74) is 3.36. The van der Waals surface area contributed by atoms with E-state index in [1.807, 2.05) is 12.3 Å². The molecule has 0 radical (unpaired) electrons. The van der Waals surface area contributed by atoms with Crippen LogP contribution in [0, 0.1) is 15.4 Å². The predicted octanol–water partition coefficient (Wildman–Crippen LogP) is 3.43. The number of carbonyl (C=O) groups excluding carboxylic acids is 1. The minimum atomic E-state index is -0.384. The number of aromatic nitrogens is 2. The highest BCUT2D eigenvalue weighted by molar-refractivity contribution is 14.1. The Morgan fingerprint density at radius 2 is 2.13 bits per heavy atom. The van der Waals surface area contributed by atoms with Gasteiger partial charge in [0.05, 0.1) is 16.2 Å². The van der Waals surface area contributed by atoms with Gasteiger partial charge in [0.1, 0.15) is 11.2 Å². The Balaban J connectivity index is 1.97. The van der Waals surface area contributed by atoms with Crippen LogP contribution in [0.15, 0.2) is 12.3 Å². The first-order valence-electron chi connectivity index (χ1n) is 7.95. The van der Waals surface area contributed by atoms with Crippen molar-refractivity contribution in [3.63, 3.8) is 0 Å². The number of carbonyl (C=O) groups is 1. The number of hydrogen-bond donors (Lipinski definition) is 1. The number of nitrogens with one attached hydrogen (secondary N) is 1. The minimum absolute atomic E-state index is 0.380. The molecule has 23 heavy (non-hydrogen) atoms. The van der Waals surface area contributed by atoms with Crippen molar-refractivity contribution in [2.24, 2.45) is 11.8 Å². The summed E-state index contributed by atoms with van der Waals surface area (Å²) in [6.45, 7) is 7.64. The van der Waals surface area contributed by atoms with E-state index in [0.29, 0.717) is 17.5 Å². The van der Waals surface area contributed by atoms with Gasteiger partial charge in [-0.1, -0.05) is 13.8 Å². The molecule has 5 nitrogen and oxygen atoms in total. The van der Waals surface area contributed by atoms with Crippen LogP contribution in [0.5, 0.6) is 0 Å². The fraction of sp³-hybridized carbons (Fsp3) is 0.529. The van der Waals surface area contributed by atoms with Crippen LogP contribution < -0.4 is 0 Å². The van der Waals surface area contributed by atoms with Gasteiger partial charge in [0, 0.05) is 25.8 Å². The van der Waals surface area contributed by atoms with E-state index in [-0.39, 0.29) is 5.97 Å². The molecule has 0 aliphatic carbocycles.